The summed E-state index contributed by atoms with van der Waals surface area (Å²) in [6.45, 7) is -2.86. The third-order valence-electron chi connectivity index (χ3n) is 2.54. The molecule has 20 heavy (non-hydrogen) atoms. The molecule has 2 rings (SSSR count). The molecule has 0 amide bonds. The van der Waals surface area contributed by atoms with Gasteiger partial charge in [-0.15, -0.1) is 11.8 Å². The van der Waals surface area contributed by atoms with Gasteiger partial charge in [-0.1, -0.05) is 18.2 Å². The van der Waals surface area contributed by atoms with E-state index in [1.54, 1.807) is 24.3 Å². The van der Waals surface area contributed by atoms with Crippen molar-refractivity contribution < 1.29 is 17.9 Å². The molecule has 0 fully saturated rings. The van der Waals surface area contributed by atoms with E-state index in [0.29, 0.717) is 21.9 Å². The van der Waals surface area contributed by atoms with Crippen LogP contribution < -0.4 is 10.5 Å². The van der Waals surface area contributed by atoms with Gasteiger partial charge in [-0.25, -0.2) is 4.39 Å². The standard InChI is InChI=1S/C14H12F3NOS/c15-10-5-6-13(11(18)7-10)20-8-9-3-1-2-4-12(9)19-14(16)17/h1-7,14H,8,18H2. The van der Waals surface area contributed by atoms with Gasteiger partial charge >= 0.3 is 6.61 Å². The van der Waals surface area contributed by atoms with Crippen LogP contribution in [0.25, 0.3) is 0 Å². The molecule has 0 spiro atoms. The van der Waals surface area contributed by atoms with Crippen molar-refractivity contribution >= 4 is 17.4 Å². The molecule has 2 aromatic rings. The van der Waals surface area contributed by atoms with Crippen LogP contribution in [0, 0.1) is 5.82 Å². The van der Waals surface area contributed by atoms with Crippen molar-refractivity contribution in [2.24, 2.45) is 0 Å². The number of rotatable bonds is 5. The van der Waals surface area contributed by atoms with Gasteiger partial charge in [0, 0.05) is 21.9 Å². The predicted molar refractivity (Wildman–Crippen MR) is 73.4 cm³/mol. The van der Waals surface area contributed by atoms with E-state index in [4.69, 9.17) is 5.73 Å². The van der Waals surface area contributed by atoms with Gasteiger partial charge in [-0.3, -0.25) is 0 Å². The van der Waals surface area contributed by atoms with Gasteiger partial charge in [-0.05, 0) is 24.3 Å². The van der Waals surface area contributed by atoms with Crippen molar-refractivity contribution in [3.05, 3.63) is 53.8 Å². The van der Waals surface area contributed by atoms with Crippen LogP contribution in [-0.4, -0.2) is 6.61 Å². The molecule has 0 aliphatic heterocycles. The van der Waals surface area contributed by atoms with Crippen molar-refractivity contribution in [2.45, 2.75) is 17.3 Å². The van der Waals surface area contributed by atoms with E-state index in [2.05, 4.69) is 4.74 Å². The maximum atomic E-state index is 12.9. The van der Waals surface area contributed by atoms with E-state index in [9.17, 15) is 13.2 Å². The van der Waals surface area contributed by atoms with E-state index in [1.165, 1.54) is 30.0 Å². The molecule has 0 atom stereocenters. The zero-order valence-corrected chi connectivity index (χ0v) is 11.2. The first-order valence-electron chi connectivity index (χ1n) is 5.77. The lowest BCUT2D eigenvalue weighted by Gasteiger charge is -2.11. The molecular formula is C14H12F3NOS. The first kappa shape index (κ1) is 14.6. The highest BCUT2D eigenvalue weighted by atomic mass is 32.2. The van der Waals surface area contributed by atoms with Crippen LogP contribution in [0.1, 0.15) is 5.56 Å². The molecule has 0 radical (unpaired) electrons. The second kappa shape index (κ2) is 6.56. The molecule has 0 aliphatic carbocycles. The highest BCUT2D eigenvalue weighted by Crippen LogP contribution is 2.32. The molecule has 0 aromatic heterocycles. The zero-order chi connectivity index (χ0) is 14.5. The lowest BCUT2D eigenvalue weighted by Crippen LogP contribution is -2.04. The van der Waals surface area contributed by atoms with Crippen LogP contribution in [0.2, 0.25) is 0 Å². The Morgan fingerprint density at radius 2 is 1.90 bits per heavy atom. The summed E-state index contributed by atoms with van der Waals surface area (Å²) < 4.78 is 41.9. The number of nitrogens with two attached hydrogens (primary N) is 1. The Hall–Kier alpha value is -1.82. The van der Waals surface area contributed by atoms with Gasteiger partial charge in [0.2, 0.25) is 0 Å². The summed E-state index contributed by atoms with van der Waals surface area (Å²) in [6, 6.07) is 10.6. The summed E-state index contributed by atoms with van der Waals surface area (Å²) in [4.78, 5) is 0.693. The molecule has 0 saturated heterocycles. The zero-order valence-electron chi connectivity index (χ0n) is 10.4. The molecule has 2 aromatic carbocycles. The number of ether oxygens (including phenoxy) is 1. The van der Waals surface area contributed by atoms with Gasteiger partial charge in [0.1, 0.15) is 11.6 Å². The lowest BCUT2D eigenvalue weighted by atomic mass is 10.2. The maximum Gasteiger partial charge on any atom is 0.387 e. The SMILES string of the molecule is Nc1cc(F)ccc1SCc1ccccc1OC(F)F. The van der Waals surface area contributed by atoms with Crippen molar-refractivity contribution in [3.63, 3.8) is 0 Å². The van der Waals surface area contributed by atoms with Crippen molar-refractivity contribution in [3.8, 4) is 5.75 Å². The number of thioether (sulfide) groups is 1. The van der Waals surface area contributed by atoms with Crippen LogP contribution in [0.4, 0.5) is 18.9 Å². The van der Waals surface area contributed by atoms with Crippen LogP contribution in [0.3, 0.4) is 0 Å². The number of hydrogen-bond donors (Lipinski definition) is 1. The normalized spacial score (nSPS) is 10.8. The van der Waals surface area contributed by atoms with Crippen molar-refractivity contribution in [2.75, 3.05) is 5.73 Å². The first-order chi connectivity index (χ1) is 9.56. The molecule has 106 valence electrons. The predicted octanol–water partition coefficient (Wildman–Crippen LogP) is 4.30. The van der Waals surface area contributed by atoms with E-state index >= 15 is 0 Å². The van der Waals surface area contributed by atoms with Crippen LogP contribution in [-0.2, 0) is 5.75 Å². The van der Waals surface area contributed by atoms with Crippen LogP contribution in [0.5, 0.6) is 5.75 Å². The molecule has 0 saturated carbocycles. The highest BCUT2D eigenvalue weighted by molar-refractivity contribution is 7.98. The third-order valence-corrected chi connectivity index (χ3v) is 3.68. The van der Waals surface area contributed by atoms with Gasteiger partial charge in [0.25, 0.3) is 0 Å². The average molecular weight is 299 g/mol. The fourth-order valence-corrected chi connectivity index (χ4v) is 2.58. The molecular weight excluding hydrogens is 287 g/mol. The van der Waals surface area contributed by atoms with Crippen molar-refractivity contribution in [1.29, 1.82) is 0 Å². The maximum absolute atomic E-state index is 12.9. The Kier molecular flexibility index (Phi) is 4.79. The number of hydrogen-bond acceptors (Lipinski definition) is 3. The summed E-state index contributed by atoms with van der Waals surface area (Å²) >= 11 is 1.33. The fourth-order valence-electron chi connectivity index (χ4n) is 1.64. The Balaban J connectivity index is 2.10. The monoisotopic (exact) mass is 299 g/mol. The molecule has 0 bridgehead atoms. The molecule has 2 N–H and O–H groups in total. The number of alkyl halides is 2. The third kappa shape index (κ3) is 3.84. The smallest absolute Gasteiger partial charge is 0.387 e. The Morgan fingerprint density at radius 1 is 1.15 bits per heavy atom. The van der Waals surface area contributed by atoms with E-state index < -0.39 is 12.4 Å². The number of nitrogen functional groups attached to an aromatic ring is 1. The number of halogens is 3. The van der Waals surface area contributed by atoms with Crippen LogP contribution in [0.15, 0.2) is 47.4 Å². The topological polar surface area (TPSA) is 35.2 Å². The van der Waals surface area contributed by atoms with Gasteiger partial charge in [0.15, 0.2) is 0 Å². The molecule has 0 heterocycles. The van der Waals surface area contributed by atoms with Gasteiger partial charge < -0.3 is 10.5 Å². The fraction of sp³-hybridized carbons (Fsp3) is 0.143. The van der Waals surface area contributed by atoms with E-state index in [1.807, 2.05) is 0 Å². The van der Waals surface area contributed by atoms with Gasteiger partial charge in [0.05, 0.1) is 0 Å². The molecule has 6 heteroatoms. The number of benzene rings is 2. The first-order valence-corrected chi connectivity index (χ1v) is 6.75. The highest BCUT2D eigenvalue weighted by Gasteiger charge is 2.10. The second-order valence-corrected chi connectivity index (χ2v) is 4.97. The summed E-state index contributed by atoms with van der Waals surface area (Å²) in [5, 5.41) is 0. The number of anilines is 1. The largest absolute Gasteiger partial charge is 0.435 e. The Bertz CT molecular complexity index is 592. The van der Waals surface area contributed by atoms with E-state index in [-0.39, 0.29) is 5.75 Å². The molecule has 0 unspecified atom stereocenters. The van der Waals surface area contributed by atoms with E-state index in [0.717, 1.165) is 0 Å². The Labute approximate surface area is 118 Å². The number of para-hydroxylation sites is 1. The summed E-state index contributed by atoms with van der Waals surface area (Å²) in [7, 11) is 0. The lowest BCUT2D eigenvalue weighted by molar-refractivity contribution is -0.0503. The molecule has 0 aliphatic rings. The second-order valence-electron chi connectivity index (χ2n) is 3.96. The summed E-state index contributed by atoms with van der Waals surface area (Å²) in [6.07, 6.45) is 0. The minimum atomic E-state index is -2.86. The van der Waals surface area contributed by atoms with Gasteiger partial charge in [-0.2, -0.15) is 8.78 Å². The van der Waals surface area contributed by atoms with Crippen molar-refractivity contribution in [1.82, 2.24) is 0 Å². The quantitative estimate of drug-likeness (QED) is 0.660. The Morgan fingerprint density at radius 3 is 2.60 bits per heavy atom. The minimum Gasteiger partial charge on any atom is -0.435 e. The molecule has 2 nitrogen and oxygen atoms in total. The summed E-state index contributed by atoms with van der Waals surface area (Å²) in [5.74, 6) is 0.127. The van der Waals surface area contributed by atoms with Crippen LogP contribution >= 0.6 is 11.8 Å². The summed E-state index contributed by atoms with van der Waals surface area (Å²) in [5.41, 5.74) is 6.64. The average Bonchev–Trinajstić information content (AvgIpc) is 2.39. The minimum absolute atomic E-state index is 0.135.